The summed E-state index contributed by atoms with van der Waals surface area (Å²) in [5, 5.41) is 3.22. The number of aromatic nitrogens is 1. The van der Waals surface area contributed by atoms with Gasteiger partial charge < -0.3 is 10.2 Å². The van der Waals surface area contributed by atoms with Crippen LogP contribution in [0.3, 0.4) is 0 Å². The lowest BCUT2D eigenvalue weighted by Gasteiger charge is -2.15. The van der Waals surface area contributed by atoms with Crippen LogP contribution < -0.4 is 10.2 Å². The van der Waals surface area contributed by atoms with Crippen molar-refractivity contribution in [1.82, 2.24) is 10.3 Å². The number of pyridine rings is 1. The number of hydrogen-bond acceptors (Lipinski definition) is 3. The van der Waals surface area contributed by atoms with Crippen molar-refractivity contribution >= 4 is 23.3 Å². The minimum absolute atomic E-state index is 0.119. The fourth-order valence-corrected chi connectivity index (χ4v) is 1.46. The number of anilines is 1. The first-order chi connectivity index (χ1) is 7.93. The van der Waals surface area contributed by atoms with E-state index in [0.717, 1.165) is 6.42 Å². The molecule has 0 fully saturated rings. The highest BCUT2D eigenvalue weighted by molar-refractivity contribution is 6.29. The maximum atomic E-state index is 11.9. The molecule has 0 radical (unpaired) electrons. The molecule has 1 aromatic rings. The SMILES string of the molecule is CCC(C)NC(=O)c1cc(Cl)nc(N(C)C)c1. The quantitative estimate of drug-likeness (QED) is 0.840. The largest absolute Gasteiger partial charge is 0.363 e. The van der Waals surface area contributed by atoms with Crippen molar-refractivity contribution in [3.63, 3.8) is 0 Å². The van der Waals surface area contributed by atoms with Crippen molar-refractivity contribution in [2.45, 2.75) is 26.3 Å². The monoisotopic (exact) mass is 255 g/mol. The van der Waals surface area contributed by atoms with Crippen LogP contribution >= 0.6 is 11.6 Å². The van der Waals surface area contributed by atoms with E-state index in [-0.39, 0.29) is 11.9 Å². The molecule has 0 aliphatic rings. The second-order valence-electron chi connectivity index (χ2n) is 4.21. The van der Waals surface area contributed by atoms with Gasteiger partial charge in [-0.3, -0.25) is 4.79 Å². The predicted molar refractivity (Wildman–Crippen MR) is 70.8 cm³/mol. The molecule has 0 aliphatic carbocycles. The Hall–Kier alpha value is -1.29. The summed E-state index contributed by atoms with van der Waals surface area (Å²) in [7, 11) is 3.71. The van der Waals surface area contributed by atoms with Crippen molar-refractivity contribution in [1.29, 1.82) is 0 Å². The highest BCUT2D eigenvalue weighted by Crippen LogP contribution is 2.16. The van der Waals surface area contributed by atoms with Crippen LogP contribution in [0.15, 0.2) is 12.1 Å². The third-order valence-electron chi connectivity index (χ3n) is 2.49. The van der Waals surface area contributed by atoms with E-state index in [4.69, 9.17) is 11.6 Å². The van der Waals surface area contributed by atoms with Crippen molar-refractivity contribution in [2.24, 2.45) is 0 Å². The van der Waals surface area contributed by atoms with Gasteiger partial charge in [0.2, 0.25) is 0 Å². The van der Waals surface area contributed by atoms with Crippen LogP contribution in [-0.4, -0.2) is 31.0 Å². The summed E-state index contributed by atoms with van der Waals surface area (Å²) < 4.78 is 0. The van der Waals surface area contributed by atoms with E-state index in [1.165, 1.54) is 0 Å². The number of rotatable bonds is 4. The topological polar surface area (TPSA) is 45.2 Å². The van der Waals surface area contributed by atoms with Gasteiger partial charge in [0.1, 0.15) is 11.0 Å². The van der Waals surface area contributed by atoms with Crippen molar-refractivity contribution in [3.8, 4) is 0 Å². The van der Waals surface area contributed by atoms with Crippen molar-refractivity contribution < 1.29 is 4.79 Å². The minimum atomic E-state index is -0.119. The van der Waals surface area contributed by atoms with Gasteiger partial charge in [-0.15, -0.1) is 0 Å². The Morgan fingerprint density at radius 2 is 2.18 bits per heavy atom. The van der Waals surface area contributed by atoms with Crippen LogP contribution in [0.4, 0.5) is 5.82 Å². The van der Waals surface area contributed by atoms with Crippen molar-refractivity contribution in [2.75, 3.05) is 19.0 Å². The molecule has 1 unspecified atom stereocenters. The fraction of sp³-hybridized carbons (Fsp3) is 0.500. The van der Waals surface area contributed by atoms with Crippen LogP contribution in [0, 0.1) is 0 Å². The number of carbonyl (C=O) groups excluding carboxylic acids is 1. The van der Waals surface area contributed by atoms with Crippen LogP contribution in [0.25, 0.3) is 0 Å². The van der Waals surface area contributed by atoms with Gasteiger partial charge in [0.05, 0.1) is 0 Å². The minimum Gasteiger partial charge on any atom is -0.363 e. The lowest BCUT2D eigenvalue weighted by atomic mass is 10.2. The van der Waals surface area contributed by atoms with E-state index >= 15 is 0 Å². The maximum absolute atomic E-state index is 11.9. The Morgan fingerprint density at radius 3 is 2.71 bits per heavy atom. The Morgan fingerprint density at radius 1 is 1.53 bits per heavy atom. The van der Waals surface area contributed by atoms with Crippen LogP contribution in [-0.2, 0) is 0 Å². The lowest BCUT2D eigenvalue weighted by Crippen LogP contribution is -2.32. The lowest BCUT2D eigenvalue weighted by molar-refractivity contribution is 0.0939. The molecule has 0 saturated heterocycles. The summed E-state index contributed by atoms with van der Waals surface area (Å²) in [5.41, 5.74) is 0.536. The summed E-state index contributed by atoms with van der Waals surface area (Å²) in [6.07, 6.45) is 0.894. The standard InChI is InChI=1S/C12H18ClN3O/c1-5-8(2)14-12(17)9-6-10(13)15-11(7-9)16(3)4/h6-8H,5H2,1-4H3,(H,14,17). The predicted octanol–water partition coefficient (Wildman–Crippen LogP) is 2.33. The van der Waals surface area contributed by atoms with Gasteiger partial charge in [-0.1, -0.05) is 18.5 Å². The van der Waals surface area contributed by atoms with E-state index in [0.29, 0.717) is 16.5 Å². The second kappa shape index (κ2) is 5.87. The van der Waals surface area contributed by atoms with Gasteiger partial charge in [0, 0.05) is 25.7 Å². The number of carbonyl (C=O) groups is 1. The molecular formula is C12H18ClN3O. The molecule has 17 heavy (non-hydrogen) atoms. The third kappa shape index (κ3) is 3.89. The smallest absolute Gasteiger partial charge is 0.251 e. The van der Waals surface area contributed by atoms with E-state index < -0.39 is 0 Å². The molecule has 0 saturated carbocycles. The summed E-state index contributed by atoms with van der Waals surface area (Å²) in [5.74, 6) is 0.554. The summed E-state index contributed by atoms with van der Waals surface area (Å²) in [6.45, 7) is 3.99. The van der Waals surface area contributed by atoms with Crippen LogP contribution in [0.1, 0.15) is 30.6 Å². The Labute approximate surface area is 107 Å². The van der Waals surface area contributed by atoms with Crippen LogP contribution in [0.5, 0.6) is 0 Å². The number of halogens is 1. The molecule has 1 heterocycles. The summed E-state index contributed by atoms with van der Waals surface area (Å²) >= 11 is 5.89. The maximum Gasteiger partial charge on any atom is 0.251 e. The Bertz CT molecular complexity index is 407. The van der Waals surface area contributed by atoms with Crippen molar-refractivity contribution in [3.05, 3.63) is 22.8 Å². The fourth-order valence-electron chi connectivity index (χ4n) is 1.25. The zero-order valence-corrected chi connectivity index (χ0v) is 11.4. The molecule has 0 aliphatic heterocycles. The zero-order chi connectivity index (χ0) is 13.0. The first-order valence-electron chi connectivity index (χ1n) is 5.59. The molecule has 0 spiro atoms. The van der Waals surface area contributed by atoms with Crippen LogP contribution in [0.2, 0.25) is 5.15 Å². The normalized spacial score (nSPS) is 12.1. The van der Waals surface area contributed by atoms with Gasteiger partial charge in [-0.25, -0.2) is 4.98 Å². The number of hydrogen-bond donors (Lipinski definition) is 1. The average molecular weight is 256 g/mol. The van der Waals surface area contributed by atoms with E-state index in [1.54, 1.807) is 12.1 Å². The molecule has 1 atom stereocenters. The summed E-state index contributed by atoms with van der Waals surface area (Å²) in [4.78, 5) is 17.9. The average Bonchev–Trinajstić information content (AvgIpc) is 2.27. The van der Waals surface area contributed by atoms with E-state index in [2.05, 4.69) is 10.3 Å². The molecule has 5 heteroatoms. The van der Waals surface area contributed by atoms with Gasteiger partial charge in [-0.05, 0) is 25.5 Å². The van der Waals surface area contributed by atoms with Gasteiger partial charge in [0.15, 0.2) is 0 Å². The molecule has 1 amide bonds. The second-order valence-corrected chi connectivity index (χ2v) is 4.60. The molecule has 0 bridgehead atoms. The Kier molecular flexibility index (Phi) is 4.75. The number of nitrogens with zero attached hydrogens (tertiary/aromatic N) is 2. The molecule has 94 valence electrons. The third-order valence-corrected chi connectivity index (χ3v) is 2.68. The van der Waals surface area contributed by atoms with Gasteiger partial charge >= 0.3 is 0 Å². The first-order valence-corrected chi connectivity index (χ1v) is 5.97. The van der Waals surface area contributed by atoms with E-state index in [9.17, 15) is 4.79 Å². The summed E-state index contributed by atoms with van der Waals surface area (Å²) in [6, 6.07) is 3.45. The molecule has 1 N–H and O–H groups in total. The molecular weight excluding hydrogens is 238 g/mol. The highest BCUT2D eigenvalue weighted by atomic mass is 35.5. The number of amides is 1. The van der Waals surface area contributed by atoms with Gasteiger partial charge in [-0.2, -0.15) is 0 Å². The molecule has 1 rings (SSSR count). The van der Waals surface area contributed by atoms with E-state index in [1.807, 2.05) is 32.8 Å². The Balaban J connectivity index is 2.93. The number of nitrogens with one attached hydrogen (secondary N) is 1. The zero-order valence-electron chi connectivity index (χ0n) is 10.6. The molecule has 1 aromatic heterocycles. The molecule has 4 nitrogen and oxygen atoms in total. The first kappa shape index (κ1) is 13.8. The molecule has 0 aromatic carbocycles. The highest BCUT2D eigenvalue weighted by Gasteiger charge is 2.11. The van der Waals surface area contributed by atoms with Gasteiger partial charge in [0.25, 0.3) is 5.91 Å².